The fourth-order valence-corrected chi connectivity index (χ4v) is 2.04. The Morgan fingerprint density at radius 2 is 2.19 bits per heavy atom. The van der Waals surface area contributed by atoms with E-state index in [2.05, 4.69) is 51.9 Å². The zero-order valence-electron chi connectivity index (χ0n) is 10.3. The van der Waals surface area contributed by atoms with E-state index in [1.807, 2.05) is 12.3 Å². The SMILES string of the molecule is CCNCCN(CC)c1nccc(C)c1Br. The summed E-state index contributed by atoms with van der Waals surface area (Å²) in [6.07, 6.45) is 1.87. The summed E-state index contributed by atoms with van der Waals surface area (Å²) in [5, 5.41) is 3.33. The van der Waals surface area contributed by atoms with Crippen molar-refractivity contribution in [3.8, 4) is 0 Å². The van der Waals surface area contributed by atoms with E-state index in [1.165, 1.54) is 5.56 Å². The fourth-order valence-electron chi connectivity index (χ4n) is 1.55. The molecule has 0 aliphatic rings. The first-order chi connectivity index (χ1) is 7.70. The van der Waals surface area contributed by atoms with Crippen LogP contribution in [0.2, 0.25) is 0 Å². The Balaban J connectivity index is 2.74. The van der Waals surface area contributed by atoms with E-state index in [9.17, 15) is 0 Å². The lowest BCUT2D eigenvalue weighted by Gasteiger charge is -2.23. The minimum Gasteiger partial charge on any atom is -0.355 e. The minimum absolute atomic E-state index is 0.973. The predicted molar refractivity (Wildman–Crippen MR) is 73.1 cm³/mol. The Kier molecular flexibility index (Phi) is 5.77. The maximum Gasteiger partial charge on any atom is 0.143 e. The molecular weight excluding hydrogens is 266 g/mol. The van der Waals surface area contributed by atoms with Gasteiger partial charge in [0.25, 0.3) is 0 Å². The van der Waals surface area contributed by atoms with Crippen molar-refractivity contribution in [2.24, 2.45) is 0 Å². The number of nitrogens with zero attached hydrogens (tertiary/aromatic N) is 2. The first-order valence-electron chi connectivity index (χ1n) is 5.77. The van der Waals surface area contributed by atoms with Crippen LogP contribution in [0.25, 0.3) is 0 Å². The smallest absolute Gasteiger partial charge is 0.143 e. The number of hydrogen-bond acceptors (Lipinski definition) is 3. The highest BCUT2D eigenvalue weighted by Gasteiger charge is 2.10. The van der Waals surface area contributed by atoms with Crippen molar-refractivity contribution in [3.05, 3.63) is 22.3 Å². The summed E-state index contributed by atoms with van der Waals surface area (Å²) in [7, 11) is 0. The number of nitrogens with one attached hydrogen (secondary N) is 1. The molecule has 0 unspecified atom stereocenters. The molecule has 0 aliphatic heterocycles. The normalized spacial score (nSPS) is 10.5. The molecule has 3 nitrogen and oxygen atoms in total. The largest absolute Gasteiger partial charge is 0.355 e. The molecule has 0 bridgehead atoms. The quantitative estimate of drug-likeness (QED) is 0.815. The molecule has 0 atom stereocenters. The fraction of sp³-hybridized carbons (Fsp3) is 0.583. The molecule has 1 aromatic heterocycles. The van der Waals surface area contributed by atoms with Crippen molar-refractivity contribution in [2.75, 3.05) is 31.1 Å². The minimum atomic E-state index is 0.973. The van der Waals surface area contributed by atoms with Gasteiger partial charge in [0.05, 0.1) is 4.47 Å². The highest BCUT2D eigenvalue weighted by molar-refractivity contribution is 9.10. The molecule has 0 aromatic carbocycles. The first-order valence-corrected chi connectivity index (χ1v) is 6.56. The number of aromatic nitrogens is 1. The van der Waals surface area contributed by atoms with Crippen LogP contribution < -0.4 is 10.2 Å². The van der Waals surface area contributed by atoms with Gasteiger partial charge in [0, 0.05) is 25.8 Å². The molecule has 16 heavy (non-hydrogen) atoms. The van der Waals surface area contributed by atoms with Crippen LogP contribution >= 0.6 is 15.9 Å². The van der Waals surface area contributed by atoms with Crippen LogP contribution in [-0.2, 0) is 0 Å². The van der Waals surface area contributed by atoms with E-state index in [1.54, 1.807) is 0 Å². The van der Waals surface area contributed by atoms with E-state index in [-0.39, 0.29) is 0 Å². The molecule has 0 saturated heterocycles. The molecule has 0 amide bonds. The number of rotatable bonds is 6. The molecule has 0 saturated carbocycles. The van der Waals surface area contributed by atoms with Crippen molar-refractivity contribution < 1.29 is 0 Å². The van der Waals surface area contributed by atoms with Gasteiger partial charge in [-0.1, -0.05) is 6.92 Å². The van der Waals surface area contributed by atoms with Crippen molar-refractivity contribution >= 4 is 21.7 Å². The molecule has 0 fully saturated rings. The highest BCUT2D eigenvalue weighted by atomic mass is 79.9. The van der Waals surface area contributed by atoms with Crippen molar-refractivity contribution in [1.82, 2.24) is 10.3 Å². The van der Waals surface area contributed by atoms with E-state index in [0.29, 0.717) is 0 Å². The molecule has 1 heterocycles. The first kappa shape index (κ1) is 13.5. The number of anilines is 1. The van der Waals surface area contributed by atoms with E-state index >= 15 is 0 Å². The number of hydrogen-bond donors (Lipinski definition) is 1. The van der Waals surface area contributed by atoms with Gasteiger partial charge >= 0.3 is 0 Å². The van der Waals surface area contributed by atoms with Crippen LogP contribution in [0.1, 0.15) is 19.4 Å². The van der Waals surface area contributed by atoms with Gasteiger partial charge in [-0.3, -0.25) is 0 Å². The maximum absolute atomic E-state index is 4.44. The molecular formula is C12H20BrN3. The van der Waals surface area contributed by atoms with E-state index < -0.39 is 0 Å². The summed E-state index contributed by atoms with van der Waals surface area (Å²) in [4.78, 5) is 6.72. The second-order valence-electron chi connectivity index (χ2n) is 3.70. The Morgan fingerprint density at radius 3 is 2.81 bits per heavy atom. The van der Waals surface area contributed by atoms with Gasteiger partial charge in [-0.25, -0.2) is 4.98 Å². The zero-order valence-corrected chi connectivity index (χ0v) is 11.8. The van der Waals surface area contributed by atoms with Gasteiger partial charge in [0.2, 0.25) is 0 Å². The standard InChI is InChI=1S/C12H20BrN3/c1-4-14-8-9-16(5-2)12-11(13)10(3)6-7-15-12/h6-7,14H,4-5,8-9H2,1-3H3. The molecule has 0 aliphatic carbocycles. The third-order valence-corrected chi connectivity index (χ3v) is 3.53. The lowest BCUT2D eigenvalue weighted by molar-refractivity contribution is 0.683. The molecule has 0 spiro atoms. The van der Waals surface area contributed by atoms with Gasteiger partial charge in [-0.15, -0.1) is 0 Å². The molecule has 1 N–H and O–H groups in total. The Labute approximate surface area is 106 Å². The summed E-state index contributed by atoms with van der Waals surface area (Å²) in [6, 6.07) is 2.02. The van der Waals surface area contributed by atoms with Crippen molar-refractivity contribution in [1.29, 1.82) is 0 Å². The second-order valence-corrected chi connectivity index (χ2v) is 4.49. The van der Waals surface area contributed by atoms with Crippen LogP contribution in [0.15, 0.2) is 16.7 Å². The van der Waals surface area contributed by atoms with E-state index in [0.717, 1.165) is 36.5 Å². The summed E-state index contributed by atoms with van der Waals surface area (Å²) in [5.41, 5.74) is 1.23. The topological polar surface area (TPSA) is 28.2 Å². The monoisotopic (exact) mass is 285 g/mol. The summed E-state index contributed by atoms with van der Waals surface area (Å²) in [5.74, 6) is 1.04. The third kappa shape index (κ3) is 3.46. The Hall–Kier alpha value is -0.610. The molecule has 1 aromatic rings. The lowest BCUT2D eigenvalue weighted by Crippen LogP contribution is -2.32. The van der Waals surface area contributed by atoms with Crippen molar-refractivity contribution in [3.63, 3.8) is 0 Å². The molecule has 90 valence electrons. The average molecular weight is 286 g/mol. The van der Waals surface area contributed by atoms with Crippen molar-refractivity contribution in [2.45, 2.75) is 20.8 Å². The van der Waals surface area contributed by atoms with Gasteiger partial charge in [0.1, 0.15) is 5.82 Å². The third-order valence-electron chi connectivity index (χ3n) is 2.55. The second kappa shape index (κ2) is 6.86. The highest BCUT2D eigenvalue weighted by Crippen LogP contribution is 2.26. The number of aryl methyl sites for hydroxylation is 1. The summed E-state index contributed by atoms with van der Waals surface area (Å²) >= 11 is 3.61. The molecule has 1 rings (SSSR count). The van der Waals surface area contributed by atoms with Crippen LogP contribution in [0.4, 0.5) is 5.82 Å². The average Bonchev–Trinajstić information content (AvgIpc) is 2.29. The Bertz CT molecular complexity index is 328. The van der Waals surface area contributed by atoms with Gasteiger partial charge in [0.15, 0.2) is 0 Å². The number of halogens is 1. The van der Waals surface area contributed by atoms with Gasteiger partial charge < -0.3 is 10.2 Å². The van der Waals surface area contributed by atoms with Crippen LogP contribution in [0.3, 0.4) is 0 Å². The Morgan fingerprint density at radius 1 is 1.44 bits per heavy atom. The number of likely N-dealkylation sites (N-methyl/N-ethyl adjacent to an activating group) is 2. The van der Waals surface area contributed by atoms with Crippen LogP contribution in [0, 0.1) is 6.92 Å². The van der Waals surface area contributed by atoms with Gasteiger partial charge in [-0.2, -0.15) is 0 Å². The summed E-state index contributed by atoms with van der Waals surface area (Å²) in [6.45, 7) is 10.3. The summed E-state index contributed by atoms with van der Waals surface area (Å²) < 4.78 is 1.10. The molecule has 4 heteroatoms. The van der Waals surface area contributed by atoms with E-state index in [4.69, 9.17) is 0 Å². The number of pyridine rings is 1. The van der Waals surface area contributed by atoms with Crippen LogP contribution in [0.5, 0.6) is 0 Å². The zero-order chi connectivity index (χ0) is 12.0. The van der Waals surface area contributed by atoms with Gasteiger partial charge in [-0.05, 0) is 48.0 Å². The lowest BCUT2D eigenvalue weighted by atomic mass is 10.3. The molecule has 0 radical (unpaired) electrons. The predicted octanol–water partition coefficient (Wildman–Crippen LogP) is 2.59. The van der Waals surface area contributed by atoms with Crippen LogP contribution in [-0.4, -0.2) is 31.2 Å². The maximum atomic E-state index is 4.44.